The lowest BCUT2D eigenvalue weighted by Crippen LogP contribution is -2.39. The second kappa shape index (κ2) is 11.0. The molecule has 25 heavy (non-hydrogen) atoms. The van der Waals surface area contributed by atoms with Gasteiger partial charge in [0, 0.05) is 27.2 Å². The summed E-state index contributed by atoms with van der Waals surface area (Å²) in [6, 6.07) is 6.73. The first-order valence-corrected chi connectivity index (χ1v) is 8.17. The minimum absolute atomic E-state index is 0. The van der Waals surface area contributed by atoms with Gasteiger partial charge < -0.3 is 10.2 Å². The van der Waals surface area contributed by atoms with Crippen LogP contribution < -0.4 is 5.32 Å². The molecule has 0 bridgehead atoms. The molecule has 0 saturated heterocycles. The van der Waals surface area contributed by atoms with Crippen molar-refractivity contribution >= 4 is 29.9 Å². The number of nitrogens with zero attached hydrogens (tertiary/aromatic N) is 5. The largest absolute Gasteiger partial charge is 0.357 e. The predicted molar refractivity (Wildman–Crippen MR) is 109 cm³/mol. The maximum absolute atomic E-state index is 13.2. The average molecular weight is 460 g/mol. The lowest BCUT2D eigenvalue weighted by molar-refractivity contribution is 0.448. The van der Waals surface area contributed by atoms with Crippen molar-refractivity contribution in [3.63, 3.8) is 0 Å². The van der Waals surface area contributed by atoms with Crippen LogP contribution in [0.1, 0.15) is 24.7 Å². The van der Waals surface area contributed by atoms with E-state index in [-0.39, 0.29) is 29.8 Å². The number of aryl methyl sites for hydroxylation is 2. The predicted octanol–water partition coefficient (Wildman–Crippen LogP) is 2.60. The van der Waals surface area contributed by atoms with Crippen molar-refractivity contribution in [2.75, 3.05) is 20.1 Å². The minimum Gasteiger partial charge on any atom is -0.357 e. The molecule has 0 aliphatic heterocycles. The van der Waals surface area contributed by atoms with Crippen LogP contribution in [-0.2, 0) is 20.0 Å². The monoisotopic (exact) mass is 460 g/mol. The third-order valence-corrected chi connectivity index (χ3v) is 3.65. The summed E-state index contributed by atoms with van der Waals surface area (Å²) in [6.07, 6.45) is 3.23. The molecule has 0 spiro atoms. The Kier molecular flexibility index (Phi) is 9.40. The number of halogens is 2. The number of hydrogen-bond donors (Lipinski definition) is 1. The first-order chi connectivity index (χ1) is 11.6. The molecule has 1 aromatic heterocycles. The summed E-state index contributed by atoms with van der Waals surface area (Å²) in [5.74, 6) is 1.52. The Hall–Kier alpha value is -1.71. The van der Waals surface area contributed by atoms with Crippen LogP contribution in [0.2, 0.25) is 0 Å². The Labute approximate surface area is 165 Å². The summed E-state index contributed by atoms with van der Waals surface area (Å²) in [5, 5.41) is 7.36. The molecule has 0 amide bonds. The smallest absolute Gasteiger partial charge is 0.194 e. The maximum Gasteiger partial charge on any atom is 0.194 e. The van der Waals surface area contributed by atoms with Gasteiger partial charge in [-0.2, -0.15) is 5.10 Å². The highest BCUT2D eigenvalue weighted by Gasteiger charge is 2.09. The van der Waals surface area contributed by atoms with Crippen molar-refractivity contribution in [2.45, 2.75) is 26.3 Å². The summed E-state index contributed by atoms with van der Waals surface area (Å²) in [4.78, 5) is 10.9. The molecule has 0 atom stereocenters. The normalized spacial score (nSPS) is 11.1. The first kappa shape index (κ1) is 21.3. The minimum atomic E-state index is -0.187. The van der Waals surface area contributed by atoms with Gasteiger partial charge in [-0.1, -0.05) is 12.1 Å². The zero-order valence-electron chi connectivity index (χ0n) is 14.9. The van der Waals surface area contributed by atoms with Gasteiger partial charge in [-0.25, -0.2) is 9.37 Å². The number of rotatable bonds is 7. The highest BCUT2D eigenvalue weighted by molar-refractivity contribution is 14.0. The summed E-state index contributed by atoms with van der Waals surface area (Å²) in [6.45, 7) is 4.15. The van der Waals surface area contributed by atoms with Crippen molar-refractivity contribution in [2.24, 2.45) is 12.0 Å². The van der Waals surface area contributed by atoms with E-state index in [4.69, 9.17) is 0 Å². The molecule has 1 N–H and O–H groups in total. The molecule has 1 heterocycles. The maximum atomic E-state index is 13.2. The molecular weight excluding hydrogens is 434 g/mol. The van der Waals surface area contributed by atoms with Gasteiger partial charge in [0.25, 0.3) is 0 Å². The Balaban J connectivity index is 0.00000312. The highest BCUT2D eigenvalue weighted by atomic mass is 127. The van der Waals surface area contributed by atoms with Crippen LogP contribution in [-0.4, -0.2) is 45.8 Å². The number of nitrogens with one attached hydrogen (secondary N) is 1. The topological polar surface area (TPSA) is 58.3 Å². The Morgan fingerprint density at radius 1 is 1.40 bits per heavy atom. The van der Waals surface area contributed by atoms with Crippen LogP contribution in [0.15, 0.2) is 35.6 Å². The second-order valence-electron chi connectivity index (χ2n) is 5.63. The lowest BCUT2D eigenvalue weighted by atomic mass is 10.1. The van der Waals surface area contributed by atoms with Crippen LogP contribution >= 0.6 is 24.0 Å². The molecule has 6 nitrogen and oxygen atoms in total. The van der Waals surface area contributed by atoms with Gasteiger partial charge >= 0.3 is 0 Å². The molecular formula is C17H26FIN6. The molecule has 2 aromatic rings. The van der Waals surface area contributed by atoms with Gasteiger partial charge in [-0.05, 0) is 37.5 Å². The second-order valence-corrected chi connectivity index (χ2v) is 5.63. The zero-order valence-corrected chi connectivity index (χ0v) is 17.3. The fraction of sp³-hybridized carbons (Fsp3) is 0.471. The first-order valence-electron chi connectivity index (χ1n) is 8.17. The van der Waals surface area contributed by atoms with Crippen LogP contribution in [0.3, 0.4) is 0 Å². The van der Waals surface area contributed by atoms with Crippen LogP contribution in [0.25, 0.3) is 0 Å². The van der Waals surface area contributed by atoms with Gasteiger partial charge in [0.1, 0.15) is 18.0 Å². The molecule has 0 fully saturated rings. The number of hydrogen-bond acceptors (Lipinski definition) is 3. The lowest BCUT2D eigenvalue weighted by Gasteiger charge is -2.21. The zero-order chi connectivity index (χ0) is 17.4. The van der Waals surface area contributed by atoms with Crippen molar-refractivity contribution in [3.8, 4) is 0 Å². The summed E-state index contributed by atoms with van der Waals surface area (Å²) >= 11 is 0. The van der Waals surface area contributed by atoms with Crippen molar-refractivity contribution in [1.29, 1.82) is 0 Å². The van der Waals surface area contributed by atoms with E-state index in [2.05, 4.69) is 20.4 Å². The molecule has 0 aliphatic carbocycles. The van der Waals surface area contributed by atoms with E-state index in [1.165, 1.54) is 6.07 Å². The van der Waals surface area contributed by atoms with E-state index in [1.54, 1.807) is 23.1 Å². The van der Waals surface area contributed by atoms with E-state index < -0.39 is 0 Å². The van der Waals surface area contributed by atoms with Gasteiger partial charge in [0.05, 0.1) is 6.54 Å². The molecule has 2 rings (SSSR count). The van der Waals surface area contributed by atoms with Gasteiger partial charge in [0.2, 0.25) is 0 Å². The third-order valence-electron chi connectivity index (χ3n) is 3.65. The molecule has 0 saturated carbocycles. The van der Waals surface area contributed by atoms with Crippen molar-refractivity contribution in [1.82, 2.24) is 25.0 Å². The fourth-order valence-electron chi connectivity index (χ4n) is 2.38. The number of aliphatic imine (C=N–C) groups is 1. The SMILES string of the molecule is CCNC(=NCCCc1cccc(F)c1)N(C)Cc1ncnn1C.I. The number of aromatic nitrogens is 3. The summed E-state index contributed by atoms with van der Waals surface area (Å²) < 4.78 is 14.9. The molecule has 0 unspecified atom stereocenters. The molecule has 1 aromatic carbocycles. The Morgan fingerprint density at radius 2 is 2.20 bits per heavy atom. The average Bonchev–Trinajstić information content (AvgIpc) is 2.95. The Morgan fingerprint density at radius 3 is 2.84 bits per heavy atom. The third kappa shape index (κ3) is 6.97. The molecule has 0 radical (unpaired) electrons. The molecule has 0 aliphatic rings. The van der Waals surface area contributed by atoms with E-state index >= 15 is 0 Å². The molecule has 138 valence electrons. The number of guanidine groups is 1. The summed E-state index contributed by atoms with van der Waals surface area (Å²) in [5.41, 5.74) is 1.00. The Bertz CT molecular complexity index is 673. The quantitative estimate of drug-likeness (QED) is 0.299. The van der Waals surface area contributed by atoms with Crippen LogP contribution in [0.5, 0.6) is 0 Å². The van der Waals surface area contributed by atoms with Crippen molar-refractivity contribution < 1.29 is 4.39 Å². The van der Waals surface area contributed by atoms with Crippen LogP contribution in [0, 0.1) is 5.82 Å². The molecule has 8 heteroatoms. The number of benzene rings is 1. The van der Waals surface area contributed by atoms with Gasteiger partial charge in [0.15, 0.2) is 5.96 Å². The van der Waals surface area contributed by atoms with E-state index in [0.29, 0.717) is 13.1 Å². The summed E-state index contributed by atoms with van der Waals surface area (Å²) in [7, 11) is 3.85. The van der Waals surface area contributed by atoms with Crippen LogP contribution in [0.4, 0.5) is 4.39 Å². The van der Waals surface area contributed by atoms with Crippen molar-refractivity contribution in [3.05, 3.63) is 47.8 Å². The van der Waals surface area contributed by atoms with Gasteiger partial charge in [-0.15, -0.1) is 24.0 Å². The van der Waals surface area contributed by atoms with E-state index in [1.807, 2.05) is 32.0 Å². The fourth-order valence-corrected chi connectivity index (χ4v) is 2.38. The van der Waals surface area contributed by atoms with E-state index in [9.17, 15) is 4.39 Å². The van der Waals surface area contributed by atoms with Gasteiger partial charge in [-0.3, -0.25) is 9.67 Å². The standard InChI is InChI=1S/C17H25FN6.HI/c1-4-19-17(23(2)12-16-21-13-22-24(16)3)20-10-6-8-14-7-5-9-15(18)11-14;/h5,7,9,11,13H,4,6,8,10,12H2,1-3H3,(H,19,20);1H. The van der Waals surface area contributed by atoms with E-state index in [0.717, 1.165) is 36.7 Å². The highest BCUT2D eigenvalue weighted by Crippen LogP contribution is 2.06.